The average Bonchev–Trinajstić information content (AvgIpc) is 2.40. The van der Waals surface area contributed by atoms with Crippen molar-refractivity contribution in [2.75, 3.05) is 7.05 Å². The van der Waals surface area contributed by atoms with Crippen molar-refractivity contribution in [2.24, 2.45) is 0 Å². The molecule has 0 aliphatic heterocycles. The van der Waals surface area contributed by atoms with E-state index >= 15 is 0 Å². The molecule has 0 aliphatic rings. The molecule has 0 aromatic heterocycles. The molecule has 2 rings (SSSR count). The minimum Gasteiger partial charge on any atom is -0.309 e. The summed E-state index contributed by atoms with van der Waals surface area (Å²) in [5.74, 6) is -0.328. The van der Waals surface area contributed by atoms with Gasteiger partial charge in [0.1, 0.15) is 5.82 Å². The van der Waals surface area contributed by atoms with Gasteiger partial charge >= 0.3 is 0 Å². The molecule has 0 bridgehead atoms. The van der Waals surface area contributed by atoms with Crippen LogP contribution in [0.25, 0.3) is 0 Å². The van der Waals surface area contributed by atoms with Crippen molar-refractivity contribution in [1.29, 1.82) is 0 Å². The smallest absolute Gasteiger partial charge is 0.127 e. The summed E-state index contributed by atoms with van der Waals surface area (Å²) in [6.45, 7) is 1.70. The van der Waals surface area contributed by atoms with Crippen LogP contribution >= 0.6 is 34.8 Å². The van der Waals surface area contributed by atoms with Crippen molar-refractivity contribution in [3.8, 4) is 0 Å². The Bertz CT molecular complexity index is 643. The molecule has 0 spiro atoms. The summed E-state index contributed by atoms with van der Waals surface area (Å²) in [4.78, 5) is 0. The third-order valence-corrected chi connectivity index (χ3v) is 4.05. The number of hydrogen-bond acceptors (Lipinski definition) is 1. The third kappa shape index (κ3) is 3.09. The van der Waals surface area contributed by atoms with E-state index in [-0.39, 0.29) is 11.9 Å². The van der Waals surface area contributed by atoms with Crippen LogP contribution in [0.1, 0.15) is 22.7 Å². The summed E-state index contributed by atoms with van der Waals surface area (Å²) in [6.07, 6.45) is 0. The first-order valence-electron chi connectivity index (χ1n) is 6.01. The van der Waals surface area contributed by atoms with Gasteiger partial charge in [0.25, 0.3) is 0 Å². The SMILES string of the molecule is CNC(c1cc(Cl)ccc1Cl)c1cc(C)c(F)cc1Cl. The molecule has 5 heteroatoms. The number of hydrogen-bond donors (Lipinski definition) is 1. The minimum atomic E-state index is -0.328. The predicted octanol–water partition coefficient (Wildman–Crippen LogP) is 5.40. The second-order valence-corrected chi connectivity index (χ2v) is 5.76. The van der Waals surface area contributed by atoms with E-state index in [1.165, 1.54) is 6.07 Å². The van der Waals surface area contributed by atoms with Gasteiger partial charge in [-0.25, -0.2) is 4.39 Å². The normalized spacial score (nSPS) is 12.5. The molecule has 1 unspecified atom stereocenters. The van der Waals surface area contributed by atoms with Gasteiger partial charge in [0.15, 0.2) is 0 Å². The highest BCUT2D eigenvalue weighted by Gasteiger charge is 2.19. The highest BCUT2D eigenvalue weighted by molar-refractivity contribution is 6.34. The Morgan fingerprint density at radius 2 is 1.65 bits per heavy atom. The van der Waals surface area contributed by atoms with E-state index in [9.17, 15) is 4.39 Å². The van der Waals surface area contributed by atoms with Crippen LogP contribution in [-0.2, 0) is 0 Å². The van der Waals surface area contributed by atoms with Crippen molar-refractivity contribution in [3.05, 3.63) is 67.9 Å². The number of halogens is 4. The highest BCUT2D eigenvalue weighted by atomic mass is 35.5. The van der Waals surface area contributed by atoms with Crippen molar-refractivity contribution >= 4 is 34.8 Å². The maximum Gasteiger partial charge on any atom is 0.127 e. The van der Waals surface area contributed by atoms with Crippen molar-refractivity contribution in [3.63, 3.8) is 0 Å². The quantitative estimate of drug-likeness (QED) is 0.793. The van der Waals surface area contributed by atoms with Gasteiger partial charge < -0.3 is 5.32 Å². The first kappa shape index (κ1) is 15.6. The zero-order valence-electron chi connectivity index (χ0n) is 11.0. The van der Waals surface area contributed by atoms with Gasteiger partial charge in [-0.3, -0.25) is 0 Å². The fourth-order valence-electron chi connectivity index (χ4n) is 2.12. The topological polar surface area (TPSA) is 12.0 Å². The summed E-state index contributed by atoms with van der Waals surface area (Å²) in [6, 6.07) is 8.00. The molecule has 0 saturated carbocycles. The highest BCUT2D eigenvalue weighted by Crippen LogP contribution is 2.34. The maximum absolute atomic E-state index is 13.5. The molecule has 2 aromatic carbocycles. The summed E-state index contributed by atoms with van der Waals surface area (Å²) in [5, 5.41) is 4.65. The van der Waals surface area contributed by atoms with Gasteiger partial charge in [-0.2, -0.15) is 0 Å². The number of rotatable bonds is 3. The standard InChI is InChI=1S/C15H13Cl3FN/c1-8-5-10(13(18)7-14(8)19)15(20-2)11-6-9(16)3-4-12(11)17/h3-7,15,20H,1-2H3. The monoisotopic (exact) mass is 331 g/mol. The molecular formula is C15H13Cl3FN. The third-order valence-electron chi connectivity index (χ3n) is 3.15. The number of aryl methyl sites for hydroxylation is 1. The fourth-order valence-corrected chi connectivity index (χ4v) is 2.78. The minimum absolute atomic E-state index is 0.256. The molecule has 1 nitrogen and oxygen atoms in total. The molecular weight excluding hydrogens is 320 g/mol. The molecule has 0 radical (unpaired) electrons. The summed E-state index contributed by atoms with van der Waals surface area (Å²) in [7, 11) is 1.79. The molecule has 20 heavy (non-hydrogen) atoms. The van der Waals surface area contributed by atoms with E-state index < -0.39 is 0 Å². The van der Waals surface area contributed by atoms with Crippen molar-refractivity contribution in [2.45, 2.75) is 13.0 Å². The van der Waals surface area contributed by atoms with E-state index in [1.807, 2.05) is 0 Å². The van der Waals surface area contributed by atoms with Crippen molar-refractivity contribution in [1.82, 2.24) is 5.32 Å². The van der Waals surface area contributed by atoms with Gasteiger partial charge in [0, 0.05) is 15.1 Å². The Hall–Kier alpha value is -0.800. The lowest BCUT2D eigenvalue weighted by Gasteiger charge is -2.21. The van der Waals surface area contributed by atoms with Crippen LogP contribution in [0.15, 0.2) is 30.3 Å². The Morgan fingerprint density at radius 3 is 2.30 bits per heavy atom. The Kier molecular flexibility index (Phi) is 4.92. The lowest BCUT2D eigenvalue weighted by atomic mass is 9.97. The second kappa shape index (κ2) is 6.31. The van der Waals surface area contributed by atoms with Crippen LogP contribution in [-0.4, -0.2) is 7.05 Å². The zero-order chi connectivity index (χ0) is 14.9. The lowest BCUT2D eigenvalue weighted by molar-refractivity contribution is 0.614. The van der Waals surface area contributed by atoms with Gasteiger partial charge in [0.05, 0.1) is 6.04 Å². The largest absolute Gasteiger partial charge is 0.309 e. The Morgan fingerprint density at radius 1 is 1.00 bits per heavy atom. The fraction of sp³-hybridized carbons (Fsp3) is 0.200. The van der Waals surface area contributed by atoms with Gasteiger partial charge in [-0.15, -0.1) is 0 Å². The first-order chi connectivity index (χ1) is 9.43. The molecule has 2 aromatic rings. The number of nitrogens with one attached hydrogen (secondary N) is 1. The lowest BCUT2D eigenvalue weighted by Crippen LogP contribution is -2.19. The molecule has 106 valence electrons. The molecule has 0 heterocycles. The molecule has 0 amide bonds. The van der Waals surface area contributed by atoms with Crippen LogP contribution in [0.4, 0.5) is 4.39 Å². The van der Waals surface area contributed by atoms with Crippen molar-refractivity contribution < 1.29 is 4.39 Å². The van der Waals surface area contributed by atoms with Gasteiger partial charge in [-0.1, -0.05) is 34.8 Å². The summed E-state index contributed by atoms with van der Waals surface area (Å²) >= 11 is 18.4. The summed E-state index contributed by atoms with van der Waals surface area (Å²) in [5.41, 5.74) is 2.09. The molecule has 0 saturated heterocycles. The predicted molar refractivity (Wildman–Crippen MR) is 83.5 cm³/mol. The summed E-state index contributed by atoms with van der Waals surface area (Å²) < 4.78 is 13.5. The second-order valence-electron chi connectivity index (χ2n) is 4.51. The van der Waals surface area contributed by atoms with Gasteiger partial charge in [-0.05, 0) is 61.0 Å². The van der Waals surface area contributed by atoms with Crippen LogP contribution < -0.4 is 5.32 Å². The molecule has 1 atom stereocenters. The average molecular weight is 333 g/mol. The number of benzene rings is 2. The molecule has 0 aliphatic carbocycles. The first-order valence-corrected chi connectivity index (χ1v) is 7.15. The van der Waals surface area contributed by atoms with E-state index in [2.05, 4.69) is 5.32 Å². The Labute approximate surface area is 132 Å². The van der Waals surface area contributed by atoms with Crippen LogP contribution in [0, 0.1) is 12.7 Å². The van der Waals surface area contributed by atoms with Gasteiger partial charge in [0.2, 0.25) is 0 Å². The van der Waals surface area contributed by atoms with Crippen LogP contribution in [0.3, 0.4) is 0 Å². The van der Waals surface area contributed by atoms with E-state index in [0.29, 0.717) is 20.6 Å². The molecule has 1 N–H and O–H groups in total. The van der Waals surface area contributed by atoms with E-state index in [4.69, 9.17) is 34.8 Å². The molecule has 0 fully saturated rings. The van der Waals surface area contributed by atoms with Crippen LogP contribution in [0.5, 0.6) is 0 Å². The maximum atomic E-state index is 13.5. The van der Waals surface area contributed by atoms with Crippen LogP contribution in [0.2, 0.25) is 15.1 Å². The van der Waals surface area contributed by atoms with E-state index in [0.717, 1.165) is 11.1 Å². The van der Waals surface area contributed by atoms with E-state index in [1.54, 1.807) is 38.2 Å². The zero-order valence-corrected chi connectivity index (χ0v) is 13.2. The Balaban J connectivity index is 2.58.